The number of fused-ring (bicyclic) bond motifs is 3. The first kappa shape index (κ1) is 17.0. The number of carbonyl (C=O) groups excluding carboxylic acids is 1. The van der Waals surface area contributed by atoms with Crippen LogP contribution in [0.25, 0.3) is 21.6 Å². The zero-order valence-electron chi connectivity index (χ0n) is 15.4. The standard InChI is InChI=1S/C22H18N4OS/c1-13(27)14-5-2-7-16(11-14)24-21-19-17-8-3-9-18(17)28-22(19)26-20(25-21)15-6-4-10-23-12-15/h2,4-7,10-12H,3,8-9H2,1H3,(H,24,25,26). The highest BCUT2D eigenvalue weighted by Crippen LogP contribution is 2.41. The number of ketones is 1. The fraction of sp³-hybridized carbons (Fsp3) is 0.182. The van der Waals surface area contributed by atoms with Crippen LogP contribution in [-0.4, -0.2) is 20.7 Å². The second-order valence-corrected chi connectivity index (χ2v) is 8.02. The number of aromatic nitrogens is 3. The van der Waals surface area contributed by atoms with Gasteiger partial charge in [0.05, 0.1) is 5.39 Å². The van der Waals surface area contributed by atoms with E-state index in [9.17, 15) is 4.79 Å². The van der Waals surface area contributed by atoms with E-state index in [-0.39, 0.29) is 5.78 Å². The van der Waals surface area contributed by atoms with Crippen molar-refractivity contribution < 1.29 is 4.79 Å². The number of thiophene rings is 1. The Morgan fingerprint density at radius 2 is 2.07 bits per heavy atom. The molecule has 1 aliphatic rings. The van der Waals surface area contributed by atoms with Gasteiger partial charge in [-0.05, 0) is 56.0 Å². The topological polar surface area (TPSA) is 67.8 Å². The Balaban J connectivity index is 1.67. The maximum Gasteiger partial charge on any atom is 0.164 e. The van der Waals surface area contributed by atoms with Crippen LogP contribution >= 0.6 is 11.3 Å². The molecule has 28 heavy (non-hydrogen) atoms. The average molecular weight is 386 g/mol. The van der Waals surface area contributed by atoms with Crippen LogP contribution in [0.5, 0.6) is 0 Å². The van der Waals surface area contributed by atoms with Gasteiger partial charge >= 0.3 is 0 Å². The molecule has 0 bridgehead atoms. The number of Topliss-reactive ketones (excluding diaryl/α,β-unsaturated/α-hetero) is 1. The van der Waals surface area contributed by atoms with E-state index in [0.717, 1.165) is 40.1 Å². The summed E-state index contributed by atoms with van der Waals surface area (Å²) in [6.07, 6.45) is 6.88. The largest absolute Gasteiger partial charge is 0.340 e. The molecular formula is C22H18N4OS. The quantitative estimate of drug-likeness (QED) is 0.489. The molecule has 1 aliphatic carbocycles. The highest BCUT2D eigenvalue weighted by Gasteiger charge is 2.23. The molecule has 0 radical (unpaired) electrons. The molecule has 0 unspecified atom stereocenters. The van der Waals surface area contributed by atoms with Gasteiger partial charge in [-0.25, -0.2) is 9.97 Å². The Morgan fingerprint density at radius 1 is 1.14 bits per heavy atom. The van der Waals surface area contributed by atoms with Crippen LogP contribution in [0.4, 0.5) is 11.5 Å². The first-order valence-corrected chi connectivity index (χ1v) is 10.1. The first-order chi connectivity index (χ1) is 13.7. The third-order valence-electron chi connectivity index (χ3n) is 5.02. The Hall–Kier alpha value is -3.12. The van der Waals surface area contributed by atoms with E-state index < -0.39 is 0 Å². The fourth-order valence-electron chi connectivity index (χ4n) is 3.66. The summed E-state index contributed by atoms with van der Waals surface area (Å²) in [5.74, 6) is 1.50. The molecule has 6 heteroatoms. The van der Waals surface area contributed by atoms with Crippen LogP contribution in [-0.2, 0) is 12.8 Å². The normalized spacial score (nSPS) is 12.9. The molecule has 0 atom stereocenters. The smallest absolute Gasteiger partial charge is 0.164 e. The van der Waals surface area contributed by atoms with Crippen molar-refractivity contribution in [3.05, 3.63) is 64.8 Å². The van der Waals surface area contributed by atoms with Gasteiger partial charge in [0, 0.05) is 34.1 Å². The number of anilines is 2. The summed E-state index contributed by atoms with van der Waals surface area (Å²) in [7, 11) is 0. The van der Waals surface area contributed by atoms with Gasteiger partial charge < -0.3 is 5.32 Å². The number of aryl methyl sites for hydroxylation is 2. The average Bonchev–Trinajstić information content (AvgIpc) is 3.29. The molecule has 0 amide bonds. The number of nitrogens with one attached hydrogen (secondary N) is 1. The van der Waals surface area contributed by atoms with Crippen LogP contribution in [0.1, 0.15) is 34.1 Å². The molecule has 3 aromatic heterocycles. The summed E-state index contributed by atoms with van der Waals surface area (Å²) in [6, 6.07) is 11.4. The summed E-state index contributed by atoms with van der Waals surface area (Å²) in [5.41, 5.74) is 3.78. The van der Waals surface area contributed by atoms with Gasteiger partial charge in [0.15, 0.2) is 11.6 Å². The molecule has 1 aromatic carbocycles. The zero-order chi connectivity index (χ0) is 19.1. The first-order valence-electron chi connectivity index (χ1n) is 9.30. The minimum atomic E-state index is 0.0453. The lowest BCUT2D eigenvalue weighted by Crippen LogP contribution is -2.00. The molecule has 4 aromatic rings. The van der Waals surface area contributed by atoms with E-state index in [0.29, 0.717) is 11.4 Å². The van der Waals surface area contributed by atoms with E-state index in [1.807, 2.05) is 36.4 Å². The van der Waals surface area contributed by atoms with E-state index in [1.54, 1.807) is 30.7 Å². The molecule has 1 N–H and O–H groups in total. The summed E-state index contributed by atoms with van der Waals surface area (Å²) >= 11 is 1.76. The van der Waals surface area contributed by atoms with Crippen molar-refractivity contribution in [2.24, 2.45) is 0 Å². The van der Waals surface area contributed by atoms with Crippen LogP contribution in [0.15, 0.2) is 48.8 Å². The molecule has 0 fully saturated rings. The minimum Gasteiger partial charge on any atom is -0.340 e. The van der Waals surface area contributed by atoms with Gasteiger partial charge in [0.1, 0.15) is 10.6 Å². The van der Waals surface area contributed by atoms with E-state index in [1.165, 1.54) is 16.9 Å². The monoisotopic (exact) mass is 386 g/mol. The number of hydrogen-bond donors (Lipinski definition) is 1. The Morgan fingerprint density at radius 3 is 2.89 bits per heavy atom. The van der Waals surface area contributed by atoms with E-state index in [2.05, 4.69) is 10.3 Å². The van der Waals surface area contributed by atoms with Crippen molar-refractivity contribution in [1.29, 1.82) is 0 Å². The van der Waals surface area contributed by atoms with E-state index >= 15 is 0 Å². The number of hydrogen-bond acceptors (Lipinski definition) is 6. The number of benzene rings is 1. The molecule has 0 spiro atoms. The maximum atomic E-state index is 11.8. The second kappa shape index (κ2) is 6.80. The lowest BCUT2D eigenvalue weighted by molar-refractivity contribution is 0.101. The molecule has 5 rings (SSSR count). The molecule has 3 heterocycles. The lowest BCUT2D eigenvalue weighted by atomic mass is 10.1. The van der Waals surface area contributed by atoms with Crippen molar-refractivity contribution >= 4 is 38.8 Å². The molecule has 138 valence electrons. The van der Waals surface area contributed by atoms with Gasteiger partial charge in [-0.2, -0.15) is 0 Å². The van der Waals surface area contributed by atoms with Crippen LogP contribution in [0.2, 0.25) is 0 Å². The minimum absolute atomic E-state index is 0.0453. The number of nitrogens with zero attached hydrogens (tertiary/aromatic N) is 3. The van der Waals surface area contributed by atoms with E-state index in [4.69, 9.17) is 9.97 Å². The molecular weight excluding hydrogens is 368 g/mol. The molecule has 5 nitrogen and oxygen atoms in total. The highest BCUT2D eigenvalue weighted by atomic mass is 32.1. The van der Waals surface area contributed by atoms with Gasteiger partial charge in [-0.1, -0.05) is 12.1 Å². The lowest BCUT2D eigenvalue weighted by Gasteiger charge is -2.11. The Bertz CT molecular complexity index is 1200. The van der Waals surface area contributed by atoms with Gasteiger partial charge in [-0.3, -0.25) is 9.78 Å². The zero-order valence-corrected chi connectivity index (χ0v) is 16.2. The number of carbonyl (C=O) groups is 1. The van der Waals surface area contributed by atoms with Gasteiger partial charge in [-0.15, -0.1) is 11.3 Å². The predicted octanol–water partition coefficient (Wildman–Crippen LogP) is 5.19. The highest BCUT2D eigenvalue weighted by molar-refractivity contribution is 7.19. The number of rotatable bonds is 4. The third-order valence-corrected chi connectivity index (χ3v) is 6.20. The maximum absolute atomic E-state index is 11.8. The van der Waals surface area contributed by atoms with Crippen molar-refractivity contribution in [3.63, 3.8) is 0 Å². The molecule has 0 saturated carbocycles. The second-order valence-electron chi connectivity index (χ2n) is 6.94. The fourth-order valence-corrected chi connectivity index (χ4v) is 4.92. The van der Waals surface area contributed by atoms with Crippen molar-refractivity contribution in [2.45, 2.75) is 26.2 Å². The summed E-state index contributed by atoms with van der Waals surface area (Å²) < 4.78 is 0. The van der Waals surface area contributed by atoms with Crippen LogP contribution in [0.3, 0.4) is 0 Å². The summed E-state index contributed by atoms with van der Waals surface area (Å²) in [6.45, 7) is 1.58. The Labute approximate surface area is 166 Å². The predicted molar refractivity (Wildman–Crippen MR) is 112 cm³/mol. The summed E-state index contributed by atoms with van der Waals surface area (Å²) in [4.78, 5) is 28.1. The van der Waals surface area contributed by atoms with Crippen molar-refractivity contribution in [1.82, 2.24) is 15.0 Å². The summed E-state index contributed by atoms with van der Waals surface area (Å²) in [5, 5.41) is 4.56. The van der Waals surface area contributed by atoms with Crippen molar-refractivity contribution in [3.8, 4) is 11.4 Å². The van der Waals surface area contributed by atoms with Gasteiger partial charge in [0.25, 0.3) is 0 Å². The molecule has 0 saturated heterocycles. The Kier molecular flexibility index (Phi) is 4.13. The van der Waals surface area contributed by atoms with Crippen molar-refractivity contribution in [2.75, 3.05) is 5.32 Å². The third kappa shape index (κ3) is 2.96. The van der Waals surface area contributed by atoms with Crippen LogP contribution < -0.4 is 5.32 Å². The van der Waals surface area contributed by atoms with Crippen LogP contribution in [0, 0.1) is 0 Å². The number of pyridine rings is 1. The SMILES string of the molecule is CC(=O)c1cccc(Nc2nc(-c3cccnc3)nc3sc4c(c23)CCC4)c1. The van der Waals surface area contributed by atoms with Gasteiger partial charge in [0.2, 0.25) is 0 Å². The molecule has 0 aliphatic heterocycles.